The fourth-order valence-corrected chi connectivity index (χ4v) is 5.02. The fourth-order valence-electron chi connectivity index (χ4n) is 3.46. The Bertz CT molecular complexity index is 1370. The summed E-state index contributed by atoms with van der Waals surface area (Å²) in [5.41, 5.74) is -4.19. The van der Waals surface area contributed by atoms with Gasteiger partial charge < -0.3 is 10.2 Å². The number of benzene rings is 2. The molecule has 0 radical (unpaired) electrons. The molecule has 7 nitrogen and oxygen atoms in total. The molecule has 0 aliphatic carbocycles. The molecular formula is C22H17Cl2F3N2O5S. The molecule has 0 saturated heterocycles. The van der Waals surface area contributed by atoms with E-state index in [0.29, 0.717) is 0 Å². The second-order valence-electron chi connectivity index (χ2n) is 7.52. The maximum absolute atomic E-state index is 14.1. The molecule has 186 valence electrons. The zero-order valence-corrected chi connectivity index (χ0v) is 20.0. The van der Waals surface area contributed by atoms with Crippen LogP contribution in [-0.2, 0) is 15.6 Å². The van der Waals surface area contributed by atoms with E-state index in [9.17, 15) is 31.5 Å². The molecule has 0 amide bonds. The van der Waals surface area contributed by atoms with Crippen LogP contribution >= 0.6 is 23.2 Å². The SMILES string of the molecule is CC(c1ccc(NS(=O)(=O)c2ccc(C(=O)O)cc2)cc1Cl)C(O)(c1ccnc(Cl)c1)C(F)(F)F. The van der Waals surface area contributed by atoms with E-state index in [-0.39, 0.29) is 31.9 Å². The molecule has 1 aromatic heterocycles. The van der Waals surface area contributed by atoms with Crippen molar-refractivity contribution in [3.8, 4) is 0 Å². The van der Waals surface area contributed by atoms with Crippen LogP contribution in [0.15, 0.2) is 65.7 Å². The van der Waals surface area contributed by atoms with Crippen molar-refractivity contribution in [2.45, 2.75) is 29.5 Å². The number of aromatic nitrogens is 1. The summed E-state index contributed by atoms with van der Waals surface area (Å²) in [6.07, 6.45) is -4.09. The highest BCUT2D eigenvalue weighted by Crippen LogP contribution is 2.50. The van der Waals surface area contributed by atoms with Crippen LogP contribution in [0, 0.1) is 0 Å². The summed E-state index contributed by atoms with van der Waals surface area (Å²) < 4.78 is 69.7. The van der Waals surface area contributed by atoms with Gasteiger partial charge in [-0.05, 0) is 59.7 Å². The number of pyridine rings is 1. The second kappa shape index (κ2) is 9.65. The molecular weight excluding hydrogens is 532 g/mol. The molecule has 0 saturated carbocycles. The number of aromatic carboxylic acids is 1. The van der Waals surface area contributed by atoms with E-state index in [1.54, 1.807) is 0 Å². The highest BCUT2D eigenvalue weighted by atomic mass is 35.5. The van der Waals surface area contributed by atoms with Gasteiger partial charge in [-0.25, -0.2) is 18.2 Å². The lowest BCUT2D eigenvalue weighted by molar-refractivity contribution is -0.274. The minimum absolute atomic E-state index is 0.0595. The van der Waals surface area contributed by atoms with E-state index in [1.165, 1.54) is 6.07 Å². The van der Waals surface area contributed by atoms with E-state index in [2.05, 4.69) is 9.71 Å². The van der Waals surface area contributed by atoms with Gasteiger partial charge in [-0.2, -0.15) is 13.2 Å². The molecule has 0 fully saturated rings. The molecule has 3 aromatic rings. The number of carboxylic acids is 1. The quantitative estimate of drug-likeness (QED) is 0.338. The largest absolute Gasteiger partial charge is 0.478 e. The van der Waals surface area contributed by atoms with E-state index in [1.807, 2.05) is 0 Å². The van der Waals surface area contributed by atoms with Crippen LogP contribution in [0.25, 0.3) is 0 Å². The summed E-state index contributed by atoms with van der Waals surface area (Å²) in [4.78, 5) is 14.3. The number of anilines is 1. The highest BCUT2D eigenvalue weighted by molar-refractivity contribution is 7.92. The van der Waals surface area contributed by atoms with Crippen molar-refractivity contribution in [2.24, 2.45) is 0 Å². The van der Waals surface area contributed by atoms with Crippen LogP contribution in [0.5, 0.6) is 0 Å². The molecule has 0 bridgehead atoms. The molecule has 0 aliphatic heterocycles. The van der Waals surface area contributed by atoms with Crippen LogP contribution in [0.1, 0.15) is 34.3 Å². The van der Waals surface area contributed by atoms with Crippen LogP contribution in [-0.4, -0.2) is 35.8 Å². The Morgan fingerprint density at radius 2 is 1.69 bits per heavy atom. The first-order valence-electron chi connectivity index (χ1n) is 9.73. The number of rotatable bonds is 7. The van der Waals surface area contributed by atoms with Crippen molar-refractivity contribution >= 4 is 44.9 Å². The highest BCUT2D eigenvalue weighted by Gasteiger charge is 2.59. The first kappa shape index (κ1) is 26.7. The Balaban J connectivity index is 1.95. The predicted octanol–water partition coefficient (Wildman–Crippen LogP) is 5.44. The summed E-state index contributed by atoms with van der Waals surface area (Å²) in [6, 6.07) is 9.75. The lowest BCUT2D eigenvalue weighted by Crippen LogP contribution is -2.46. The van der Waals surface area contributed by atoms with Crippen LogP contribution in [0.4, 0.5) is 18.9 Å². The monoisotopic (exact) mass is 548 g/mol. The number of hydrogen-bond donors (Lipinski definition) is 3. The van der Waals surface area contributed by atoms with Crippen molar-refractivity contribution in [3.05, 3.63) is 87.7 Å². The molecule has 3 N–H and O–H groups in total. The van der Waals surface area contributed by atoms with Gasteiger partial charge in [0.1, 0.15) is 5.15 Å². The van der Waals surface area contributed by atoms with Crippen LogP contribution < -0.4 is 4.72 Å². The Kier molecular flexibility index (Phi) is 7.37. The molecule has 2 aromatic carbocycles. The second-order valence-corrected chi connectivity index (χ2v) is 10.0. The lowest BCUT2D eigenvalue weighted by atomic mass is 9.78. The number of carboxylic acid groups (broad SMARTS) is 1. The van der Waals surface area contributed by atoms with E-state index in [0.717, 1.165) is 61.7 Å². The van der Waals surface area contributed by atoms with Gasteiger partial charge in [-0.15, -0.1) is 0 Å². The van der Waals surface area contributed by atoms with E-state index < -0.39 is 39.3 Å². The van der Waals surface area contributed by atoms with Gasteiger partial charge in [0.25, 0.3) is 10.0 Å². The minimum Gasteiger partial charge on any atom is -0.478 e. The number of aliphatic hydroxyl groups is 1. The molecule has 1 heterocycles. The third-order valence-corrected chi connectivity index (χ3v) is 7.29. The van der Waals surface area contributed by atoms with E-state index in [4.69, 9.17) is 28.3 Å². The molecule has 3 rings (SSSR count). The number of halogens is 5. The van der Waals surface area contributed by atoms with Crippen molar-refractivity contribution < 1.29 is 36.6 Å². The third-order valence-electron chi connectivity index (χ3n) is 5.36. The van der Waals surface area contributed by atoms with Crippen molar-refractivity contribution in [1.82, 2.24) is 4.98 Å². The Labute approximate surface area is 208 Å². The van der Waals surface area contributed by atoms with Gasteiger partial charge in [0.15, 0.2) is 5.60 Å². The van der Waals surface area contributed by atoms with Gasteiger partial charge in [-0.1, -0.05) is 36.2 Å². The summed E-state index contributed by atoms with van der Waals surface area (Å²) in [6.45, 7) is 1.12. The number of sulfonamides is 1. The minimum atomic E-state index is -5.12. The third kappa shape index (κ3) is 5.37. The van der Waals surface area contributed by atoms with Crippen LogP contribution in [0.2, 0.25) is 10.2 Å². The van der Waals surface area contributed by atoms with Crippen molar-refractivity contribution in [2.75, 3.05) is 4.72 Å². The predicted molar refractivity (Wildman–Crippen MR) is 123 cm³/mol. The molecule has 0 aliphatic rings. The van der Waals surface area contributed by atoms with E-state index >= 15 is 0 Å². The number of alkyl halides is 3. The summed E-state index contributed by atoms with van der Waals surface area (Å²) in [5.74, 6) is -2.85. The zero-order valence-electron chi connectivity index (χ0n) is 17.7. The average Bonchev–Trinajstić information content (AvgIpc) is 2.77. The molecule has 2 atom stereocenters. The number of hydrogen-bond acceptors (Lipinski definition) is 5. The maximum Gasteiger partial charge on any atom is 0.422 e. The fraction of sp³-hybridized carbons (Fsp3) is 0.182. The summed E-state index contributed by atoms with van der Waals surface area (Å²) >= 11 is 11.9. The first-order valence-corrected chi connectivity index (χ1v) is 12.0. The number of carbonyl (C=O) groups is 1. The lowest BCUT2D eigenvalue weighted by Gasteiger charge is -2.37. The van der Waals surface area contributed by atoms with Gasteiger partial charge in [-0.3, -0.25) is 4.72 Å². The standard InChI is InChI=1S/C22H17Cl2F3N2O5S/c1-12(21(32,22(25,26)27)14-8-9-28-19(24)10-14)17-7-4-15(11-18(17)23)29-35(33,34)16-5-2-13(3-6-16)20(30)31/h2-12,29,32H,1H3,(H,30,31). The first-order chi connectivity index (χ1) is 16.2. The summed E-state index contributed by atoms with van der Waals surface area (Å²) in [5, 5.41) is 19.3. The van der Waals surface area contributed by atoms with Crippen molar-refractivity contribution in [3.63, 3.8) is 0 Å². The number of nitrogens with zero attached hydrogens (tertiary/aromatic N) is 1. The Hall–Kier alpha value is -2.86. The van der Waals surface area contributed by atoms with Gasteiger partial charge in [0.05, 0.1) is 16.1 Å². The smallest absolute Gasteiger partial charge is 0.422 e. The average molecular weight is 549 g/mol. The molecule has 0 spiro atoms. The normalized spacial score (nSPS) is 14.7. The summed E-state index contributed by atoms with van der Waals surface area (Å²) in [7, 11) is -4.16. The molecule has 13 heteroatoms. The topological polar surface area (TPSA) is 117 Å². The maximum atomic E-state index is 14.1. The Morgan fingerprint density at radius 1 is 1.06 bits per heavy atom. The van der Waals surface area contributed by atoms with Gasteiger partial charge >= 0.3 is 12.1 Å². The Morgan fingerprint density at radius 3 is 2.20 bits per heavy atom. The zero-order chi connectivity index (χ0) is 26.2. The van der Waals surface area contributed by atoms with Gasteiger partial charge in [0.2, 0.25) is 0 Å². The molecule has 35 heavy (non-hydrogen) atoms. The molecule has 2 unspecified atom stereocenters. The number of nitrogens with one attached hydrogen (secondary N) is 1. The van der Waals surface area contributed by atoms with Gasteiger partial charge in [0, 0.05) is 17.1 Å². The van der Waals surface area contributed by atoms with Crippen molar-refractivity contribution in [1.29, 1.82) is 0 Å². The van der Waals surface area contributed by atoms with Crippen LogP contribution in [0.3, 0.4) is 0 Å².